The molecular formula is C11H18N2O3S. The third kappa shape index (κ3) is 4.70. The Morgan fingerprint density at radius 3 is 2.71 bits per heavy atom. The average Bonchev–Trinajstić information content (AvgIpc) is 2.27. The van der Waals surface area contributed by atoms with Crippen LogP contribution in [0.15, 0.2) is 29.2 Å². The van der Waals surface area contributed by atoms with Crippen molar-refractivity contribution >= 4 is 9.84 Å². The summed E-state index contributed by atoms with van der Waals surface area (Å²) in [5.74, 6) is -0.000655. The van der Waals surface area contributed by atoms with Crippen LogP contribution >= 0.6 is 0 Å². The van der Waals surface area contributed by atoms with E-state index in [-0.39, 0.29) is 29.5 Å². The van der Waals surface area contributed by atoms with Crippen molar-refractivity contribution in [3.63, 3.8) is 0 Å². The van der Waals surface area contributed by atoms with Crippen LogP contribution < -0.4 is 11.3 Å². The summed E-state index contributed by atoms with van der Waals surface area (Å²) in [7, 11) is -3.15. The highest BCUT2D eigenvalue weighted by molar-refractivity contribution is 7.91. The molecule has 0 aliphatic heterocycles. The quantitative estimate of drug-likeness (QED) is 0.770. The predicted molar refractivity (Wildman–Crippen MR) is 67.6 cm³/mol. The number of aromatic nitrogens is 1. The molecule has 0 saturated heterocycles. The Labute approximate surface area is 101 Å². The number of hydrogen-bond donors (Lipinski definition) is 1. The van der Waals surface area contributed by atoms with Crippen LogP contribution in [0.1, 0.15) is 6.92 Å². The molecule has 1 aromatic heterocycles. The normalized spacial score (nSPS) is 13.5. The van der Waals surface area contributed by atoms with E-state index in [4.69, 9.17) is 5.73 Å². The van der Waals surface area contributed by atoms with Crippen LogP contribution in [0.2, 0.25) is 0 Å². The Morgan fingerprint density at radius 2 is 2.12 bits per heavy atom. The van der Waals surface area contributed by atoms with Crippen molar-refractivity contribution < 1.29 is 8.42 Å². The fourth-order valence-electron chi connectivity index (χ4n) is 1.47. The molecule has 1 rings (SSSR count). The van der Waals surface area contributed by atoms with Gasteiger partial charge in [0.05, 0.1) is 11.5 Å². The van der Waals surface area contributed by atoms with Gasteiger partial charge in [0.2, 0.25) is 0 Å². The van der Waals surface area contributed by atoms with Crippen LogP contribution in [0.3, 0.4) is 0 Å². The van der Waals surface area contributed by atoms with Gasteiger partial charge in [-0.3, -0.25) is 4.79 Å². The molecule has 1 atom stereocenters. The van der Waals surface area contributed by atoms with Crippen molar-refractivity contribution in [3.8, 4) is 0 Å². The van der Waals surface area contributed by atoms with Crippen molar-refractivity contribution in [2.75, 3.05) is 18.1 Å². The van der Waals surface area contributed by atoms with Gasteiger partial charge in [-0.05, 0) is 18.5 Å². The Kier molecular flexibility index (Phi) is 4.89. The third-order valence-electron chi connectivity index (χ3n) is 2.48. The zero-order valence-corrected chi connectivity index (χ0v) is 10.7. The van der Waals surface area contributed by atoms with Gasteiger partial charge in [0.25, 0.3) is 5.56 Å². The monoisotopic (exact) mass is 258 g/mol. The van der Waals surface area contributed by atoms with E-state index in [0.29, 0.717) is 6.54 Å². The van der Waals surface area contributed by atoms with Crippen LogP contribution in [0.5, 0.6) is 0 Å². The first-order valence-electron chi connectivity index (χ1n) is 5.50. The van der Waals surface area contributed by atoms with Gasteiger partial charge in [0.15, 0.2) is 9.84 Å². The van der Waals surface area contributed by atoms with E-state index in [0.717, 1.165) is 0 Å². The topological polar surface area (TPSA) is 82.2 Å². The van der Waals surface area contributed by atoms with E-state index >= 15 is 0 Å². The highest BCUT2D eigenvalue weighted by Crippen LogP contribution is 2.01. The fraction of sp³-hybridized carbons (Fsp3) is 0.545. The number of nitrogens with two attached hydrogens (primary N) is 1. The summed E-state index contributed by atoms with van der Waals surface area (Å²) in [4.78, 5) is 11.4. The van der Waals surface area contributed by atoms with Crippen LogP contribution in [0, 0.1) is 5.92 Å². The number of pyridine rings is 1. The molecule has 0 aliphatic carbocycles. The molecular weight excluding hydrogens is 240 g/mol. The maximum Gasteiger partial charge on any atom is 0.250 e. The van der Waals surface area contributed by atoms with Gasteiger partial charge in [-0.15, -0.1) is 0 Å². The number of rotatable bonds is 6. The minimum Gasteiger partial charge on any atom is -0.330 e. The summed E-state index contributed by atoms with van der Waals surface area (Å²) in [5, 5.41) is 0. The van der Waals surface area contributed by atoms with Crippen molar-refractivity contribution in [2.45, 2.75) is 13.5 Å². The van der Waals surface area contributed by atoms with Crippen LogP contribution in [-0.2, 0) is 16.4 Å². The van der Waals surface area contributed by atoms with Crippen molar-refractivity contribution in [1.29, 1.82) is 0 Å². The molecule has 5 nitrogen and oxygen atoms in total. The summed E-state index contributed by atoms with van der Waals surface area (Å²) in [6, 6.07) is 4.75. The maximum atomic E-state index is 11.7. The van der Waals surface area contributed by atoms with Crippen LogP contribution in [0.25, 0.3) is 0 Å². The van der Waals surface area contributed by atoms with Crippen molar-refractivity contribution in [1.82, 2.24) is 4.57 Å². The molecule has 17 heavy (non-hydrogen) atoms. The summed E-state index contributed by atoms with van der Waals surface area (Å²) in [6.07, 6.45) is 1.59. The van der Waals surface area contributed by atoms with Gasteiger partial charge in [-0.25, -0.2) is 8.42 Å². The lowest BCUT2D eigenvalue weighted by molar-refractivity contribution is 0.566. The van der Waals surface area contributed by atoms with Gasteiger partial charge in [0.1, 0.15) is 0 Å². The molecule has 0 spiro atoms. The Morgan fingerprint density at radius 1 is 1.41 bits per heavy atom. The lowest BCUT2D eigenvalue weighted by atomic mass is 10.2. The predicted octanol–water partition coefficient (Wildman–Crippen LogP) is -0.142. The van der Waals surface area contributed by atoms with E-state index in [1.165, 1.54) is 10.6 Å². The molecule has 0 radical (unpaired) electrons. The highest BCUT2D eigenvalue weighted by Gasteiger charge is 2.15. The number of hydrogen-bond acceptors (Lipinski definition) is 4. The van der Waals surface area contributed by atoms with E-state index < -0.39 is 9.84 Å². The minimum atomic E-state index is -3.15. The van der Waals surface area contributed by atoms with E-state index in [1.54, 1.807) is 25.3 Å². The molecule has 0 saturated carbocycles. The lowest BCUT2D eigenvalue weighted by Gasteiger charge is -2.10. The molecule has 6 heteroatoms. The van der Waals surface area contributed by atoms with Gasteiger partial charge >= 0.3 is 0 Å². The molecule has 0 aromatic carbocycles. The smallest absolute Gasteiger partial charge is 0.250 e. The fourth-order valence-corrected chi connectivity index (χ4v) is 3.11. The minimum absolute atomic E-state index is 0.0265. The van der Waals surface area contributed by atoms with Gasteiger partial charge in [0, 0.05) is 18.8 Å². The second kappa shape index (κ2) is 5.97. The molecule has 0 fully saturated rings. The van der Waals surface area contributed by atoms with E-state index in [1.807, 2.05) is 0 Å². The Balaban J connectivity index is 2.62. The van der Waals surface area contributed by atoms with Gasteiger partial charge in [-0.2, -0.15) is 0 Å². The van der Waals surface area contributed by atoms with E-state index in [2.05, 4.69) is 0 Å². The van der Waals surface area contributed by atoms with Crippen LogP contribution in [0.4, 0.5) is 0 Å². The Hall–Kier alpha value is -1.14. The molecule has 1 heterocycles. The standard InChI is InChI=1S/C11H18N2O3S/c1-10(8-12)9-17(15,16)7-6-13-5-3-2-4-11(13)14/h2-5,10H,6-9,12H2,1H3. The molecule has 1 aromatic rings. The summed E-state index contributed by atoms with van der Waals surface area (Å²) >= 11 is 0. The largest absolute Gasteiger partial charge is 0.330 e. The molecule has 2 N–H and O–H groups in total. The van der Waals surface area contributed by atoms with Gasteiger partial charge in [-0.1, -0.05) is 13.0 Å². The van der Waals surface area contributed by atoms with Crippen molar-refractivity contribution in [3.05, 3.63) is 34.7 Å². The molecule has 1 unspecified atom stereocenters. The molecule has 0 aliphatic rings. The van der Waals surface area contributed by atoms with Crippen molar-refractivity contribution in [2.24, 2.45) is 11.7 Å². The summed E-state index contributed by atoms with van der Waals surface area (Å²) in [5.41, 5.74) is 5.21. The number of sulfone groups is 1. The average molecular weight is 258 g/mol. The van der Waals surface area contributed by atoms with E-state index in [9.17, 15) is 13.2 Å². The highest BCUT2D eigenvalue weighted by atomic mass is 32.2. The second-order valence-corrected chi connectivity index (χ2v) is 6.42. The zero-order valence-electron chi connectivity index (χ0n) is 9.87. The zero-order chi connectivity index (χ0) is 12.9. The Bertz CT molecular complexity index is 507. The maximum absolute atomic E-state index is 11.7. The molecule has 96 valence electrons. The third-order valence-corrected chi connectivity index (χ3v) is 4.36. The lowest BCUT2D eigenvalue weighted by Crippen LogP contribution is -2.27. The first-order chi connectivity index (χ1) is 7.94. The van der Waals surface area contributed by atoms with Gasteiger partial charge < -0.3 is 10.3 Å². The second-order valence-electron chi connectivity index (χ2n) is 4.19. The first-order valence-corrected chi connectivity index (χ1v) is 7.32. The SMILES string of the molecule is CC(CN)CS(=O)(=O)CCn1ccccc1=O. The van der Waals surface area contributed by atoms with Crippen LogP contribution in [-0.4, -0.2) is 31.0 Å². The first kappa shape index (κ1) is 13.9. The molecule has 0 bridgehead atoms. The summed E-state index contributed by atoms with van der Waals surface area (Å²) in [6.45, 7) is 2.34. The number of nitrogens with zero attached hydrogens (tertiary/aromatic N) is 1. The number of aryl methyl sites for hydroxylation is 1. The summed E-state index contributed by atoms with van der Waals surface area (Å²) < 4.78 is 24.8. The molecule has 0 amide bonds.